The topological polar surface area (TPSA) is 41.6 Å². The minimum Gasteiger partial charge on any atom is -0.294 e. The lowest BCUT2D eigenvalue weighted by atomic mass is 10.3. The summed E-state index contributed by atoms with van der Waals surface area (Å²) in [5.41, 5.74) is 2.12. The Kier molecular flexibility index (Phi) is 1.53. The molecule has 0 fully saturated rings. The molecule has 0 bridgehead atoms. The van der Waals surface area contributed by atoms with Gasteiger partial charge in [0.25, 0.3) is 0 Å². The van der Waals surface area contributed by atoms with Crippen LogP contribution in [0.1, 0.15) is 13.8 Å². The number of hydrogen-bond donors (Lipinski definition) is 1. The summed E-state index contributed by atoms with van der Waals surface area (Å²) in [7, 11) is 0. The first kappa shape index (κ1) is 6.29. The number of nitrogens with zero attached hydrogens (tertiary/aromatic N) is 2. The van der Waals surface area contributed by atoms with Crippen LogP contribution >= 0.6 is 0 Å². The largest absolute Gasteiger partial charge is 0.294 e. The number of allylic oxidation sites excluding steroid dienone is 2. The molecule has 50 valence electrons. The molecule has 1 rings (SSSR count). The first-order valence-corrected chi connectivity index (χ1v) is 2.92. The fourth-order valence-electron chi connectivity index (χ4n) is 0.730. The number of hydrazine groups is 1. The maximum absolute atomic E-state index is 5.50. The molecule has 3 heteroatoms. The molecule has 0 spiro atoms. The molecule has 1 aliphatic heterocycles. The summed E-state index contributed by atoms with van der Waals surface area (Å²) in [5, 5.41) is 1.62. The van der Waals surface area contributed by atoms with Gasteiger partial charge in [0, 0.05) is 11.4 Å². The van der Waals surface area contributed by atoms with Crippen LogP contribution in [0.25, 0.3) is 0 Å². The molecule has 0 amide bonds. The fraction of sp³-hybridized carbons (Fsp3) is 0.500. The Bertz CT molecular complexity index is 169. The molecule has 0 aromatic carbocycles. The van der Waals surface area contributed by atoms with Gasteiger partial charge in [-0.15, -0.1) is 0 Å². The lowest BCUT2D eigenvalue weighted by molar-refractivity contribution is 0.368. The summed E-state index contributed by atoms with van der Waals surface area (Å²) in [4.78, 5) is 4.10. The van der Waals surface area contributed by atoms with E-state index >= 15 is 0 Å². The van der Waals surface area contributed by atoms with Crippen LogP contribution in [-0.4, -0.2) is 17.4 Å². The van der Waals surface area contributed by atoms with Crippen molar-refractivity contribution in [2.45, 2.75) is 13.8 Å². The van der Waals surface area contributed by atoms with Gasteiger partial charge in [0.05, 0.1) is 0 Å². The average Bonchev–Trinajstić information content (AvgIpc) is 1.80. The molecule has 1 aliphatic rings. The van der Waals surface area contributed by atoms with Gasteiger partial charge in [0.2, 0.25) is 0 Å². The Morgan fingerprint density at radius 2 is 2.33 bits per heavy atom. The van der Waals surface area contributed by atoms with Crippen molar-refractivity contribution in [3.05, 3.63) is 11.8 Å². The van der Waals surface area contributed by atoms with E-state index in [-0.39, 0.29) is 0 Å². The van der Waals surface area contributed by atoms with Crippen molar-refractivity contribution in [3.8, 4) is 0 Å². The summed E-state index contributed by atoms with van der Waals surface area (Å²) in [6, 6.07) is 0. The van der Waals surface area contributed by atoms with E-state index in [0.29, 0.717) is 6.67 Å². The van der Waals surface area contributed by atoms with Gasteiger partial charge in [-0.25, -0.2) is 5.84 Å². The second-order valence-electron chi connectivity index (χ2n) is 2.20. The van der Waals surface area contributed by atoms with Crippen molar-refractivity contribution in [2.24, 2.45) is 10.8 Å². The molecule has 0 saturated carbocycles. The Morgan fingerprint density at radius 1 is 1.67 bits per heavy atom. The van der Waals surface area contributed by atoms with Crippen molar-refractivity contribution in [2.75, 3.05) is 6.67 Å². The van der Waals surface area contributed by atoms with Gasteiger partial charge in [-0.3, -0.25) is 10.0 Å². The molecular formula is C6H11N3. The molecule has 0 radical (unpaired) electrons. The van der Waals surface area contributed by atoms with Gasteiger partial charge in [0.15, 0.2) is 0 Å². The fourth-order valence-corrected chi connectivity index (χ4v) is 0.730. The normalized spacial score (nSPS) is 19.2. The molecule has 0 aliphatic carbocycles. The van der Waals surface area contributed by atoms with Crippen LogP contribution < -0.4 is 5.84 Å². The first-order chi connectivity index (χ1) is 4.20. The summed E-state index contributed by atoms with van der Waals surface area (Å²) in [5.74, 6) is 5.50. The quantitative estimate of drug-likeness (QED) is 0.479. The molecule has 0 saturated heterocycles. The average molecular weight is 125 g/mol. The third kappa shape index (κ3) is 1.29. The van der Waals surface area contributed by atoms with Gasteiger partial charge >= 0.3 is 0 Å². The van der Waals surface area contributed by atoms with E-state index in [9.17, 15) is 0 Å². The standard InChI is InChI=1S/C6H11N3/c1-5-3-6(2)9(7)4-8-5/h3H,4,7H2,1-2H3. The zero-order chi connectivity index (χ0) is 6.85. The molecule has 0 aromatic rings. The number of aliphatic imine (C=N–C) groups is 1. The van der Waals surface area contributed by atoms with Crippen LogP contribution in [-0.2, 0) is 0 Å². The smallest absolute Gasteiger partial charge is 0.124 e. The summed E-state index contributed by atoms with van der Waals surface area (Å²) >= 11 is 0. The maximum atomic E-state index is 5.50. The molecular weight excluding hydrogens is 114 g/mol. The Hall–Kier alpha value is -0.830. The second-order valence-corrected chi connectivity index (χ2v) is 2.20. The highest BCUT2D eigenvalue weighted by molar-refractivity contribution is 5.93. The van der Waals surface area contributed by atoms with Crippen molar-refractivity contribution >= 4 is 5.71 Å². The Labute approximate surface area is 54.8 Å². The molecule has 9 heavy (non-hydrogen) atoms. The van der Waals surface area contributed by atoms with E-state index in [2.05, 4.69) is 4.99 Å². The van der Waals surface area contributed by atoms with E-state index in [1.165, 1.54) is 0 Å². The van der Waals surface area contributed by atoms with Crippen LogP contribution in [0, 0.1) is 0 Å². The first-order valence-electron chi connectivity index (χ1n) is 2.92. The van der Waals surface area contributed by atoms with Crippen molar-refractivity contribution in [3.63, 3.8) is 0 Å². The Balaban J connectivity index is 2.74. The van der Waals surface area contributed by atoms with Crippen LogP contribution in [0.3, 0.4) is 0 Å². The molecule has 1 heterocycles. The highest BCUT2D eigenvalue weighted by Crippen LogP contribution is 2.02. The van der Waals surface area contributed by atoms with E-state index < -0.39 is 0 Å². The number of rotatable bonds is 0. The summed E-state index contributed by atoms with van der Waals surface area (Å²) in [6.45, 7) is 4.53. The summed E-state index contributed by atoms with van der Waals surface area (Å²) < 4.78 is 0. The zero-order valence-corrected chi connectivity index (χ0v) is 5.76. The maximum Gasteiger partial charge on any atom is 0.124 e. The molecule has 3 nitrogen and oxygen atoms in total. The SMILES string of the molecule is CC1=CC(C)=NCN1N. The highest BCUT2D eigenvalue weighted by Gasteiger charge is 2.02. The third-order valence-corrected chi connectivity index (χ3v) is 1.34. The van der Waals surface area contributed by atoms with Crippen molar-refractivity contribution < 1.29 is 0 Å². The van der Waals surface area contributed by atoms with Gasteiger partial charge in [-0.1, -0.05) is 0 Å². The lowest BCUT2D eigenvalue weighted by Crippen LogP contribution is -2.32. The minimum absolute atomic E-state index is 0.591. The van der Waals surface area contributed by atoms with Gasteiger partial charge in [-0.05, 0) is 19.9 Å². The predicted octanol–water partition coefficient (Wildman–Crippen LogP) is 0.498. The van der Waals surface area contributed by atoms with Gasteiger partial charge < -0.3 is 0 Å². The van der Waals surface area contributed by atoms with E-state index in [1.54, 1.807) is 5.01 Å². The monoisotopic (exact) mass is 125 g/mol. The molecule has 0 aromatic heterocycles. The third-order valence-electron chi connectivity index (χ3n) is 1.34. The van der Waals surface area contributed by atoms with Crippen LogP contribution in [0.2, 0.25) is 0 Å². The van der Waals surface area contributed by atoms with Crippen LogP contribution in [0.5, 0.6) is 0 Å². The van der Waals surface area contributed by atoms with Crippen LogP contribution in [0.4, 0.5) is 0 Å². The lowest BCUT2D eigenvalue weighted by Gasteiger charge is -2.20. The molecule has 2 N–H and O–H groups in total. The second kappa shape index (κ2) is 2.19. The van der Waals surface area contributed by atoms with E-state index in [4.69, 9.17) is 5.84 Å². The molecule has 0 atom stereocenters. The minimum atomic E-state index is 0.591. The van der Waals surface area contributed by atoms with Gasteiger partial charge in [-0.2, -0.15) is 0 Å². The van der Waals surface area contributed by atoms with E-state index in [1.807, 2.05) is 19.9 Å². The van der Waals surface area contributed by atoms with E-state index in [0.717, 1.165) is 11.4 Å². The summed E-state index contributed by atoms with van der Waals surface area (Å²) in [6.07, 6.45) is 1.96. The number of nitrogens with two attached hydrogens (primary N) is 1. The number of hydrogen-bond acceptors (Lipinski definition) is 3. The van der Waals surface area contributed by atoms with Gasteiger partial charge in [0.1, 0.15) is 6.67 Å². The van der Waals surface area contributed by atoms with Crippen molar-refractivity contribution in [1.29, 1.82) is 0 Å². The zero-order valence-electron chi connectivity index (χ0n) is 5.76. The molecule has 0 unspecified atom stereocenters. The predicted molar refractivity (Wildman–Crippen MR) is 37.8 cm³/mol. The van der Waals surface area contributed by atoms with Crippen molar-refractivity contribution in [1.82, 2.24) is 5.01 Å². The highest BCUT2D eigenvalue weighted by atomic mass is 15.4. The Morgan fingerprint density at radius 3 is 2.78 bits per heavy atom. The van der Waals surface area contributed by atoms with Crippen LogP contribution in [0.15, 0.2) is 16.8 Å².